The summed E-state index contributed by atoms with van der Waals surface area (Å²) in [6.07, 6.45) is 3.45. The summed E-state index contributed by atoms with van der Waals surface area (Å²) in [7, 11) is 0. The number of H-pyrrole nitrogens is 1. The summed E-state index contributed by atoms with van der Waals surface area (Å²) in [4.78, 5) is 18.6. The van der Waals surface area contributed by atoms with E-state index in [-0.39, 0.29) is 9.52 Å². The molecule has 0 saturated heterocycles. The second kappa shape index (κ2) is 6.02. The van der Waals surface area contributed by atoms with E-state index in [0.29, 0.717) is 11.5 Å². The third kappa shape index (κ3) is 3.89. The van der Waals surface area contributed by atoms with E-state index in [1.165, 1.54) is 19.4 Å². The summed E-state index contributed by atoms with van der Waals surface area (Å²) < 4.78 is 1.69. The van der Waals surface area contributed by atoms with E-state index in [4.69, 9.17) is 0 Å². The number of rotatable bonds is 4. The number of ketones is 1. The topological polar surface area (TPSA) is 45.8 Å². The number of allylic oxidation sites excluding steroid dienone is 1. The van der Waals surface area contributed by atoms with Gasteiger partial charge in [-0.15, -0.1) is 0 Å². The molecular weight excluding hydrogens is 496 g/mol. The number of alkyl halides is 2. The van der Waals surface area contributed by atoms with E-state index < -0.39 is 0 Å². The molecule has 1 aromatic rings. The van der Waals surface area contributed by atoms with Crippen molar-refractivity contribution in [3.8, 4) is 0 Å². The number of nitrogens with one attached hydrogen (secondary N) is 1. The number of hydrogen-bond acceptors (Lipinski definition) is 2. The fourth-order valence-corrected chi connectivity index (χ4v) is 1.64. The van der Waals surface area contributed by atoms with Gasteiger partial charge in [0.15, 0.2) is 0 Å². The number of aromatic nitrogens is 2. The fourth-order valence-electron chi connectivity index (χ4n) is 0.902. The zero-order valence-electron chi connectivity index (χ0n) is 7.83. The van der Waals surface area contributed by atoms with Crippen LogP contribution in [0.2, 0.25) is 0 Å². The molecule has 0 aliphatic carbocycles. The van der Waals surface area contributed by atoms with Gasteiger partial charge in [-0.1, -0.05) is 0 Å². The molecule has 0 spiro atoms. The first-order chi connectivity index (χ1) is 7.04. The molecule has 0 unspecified atom stereocenters. The third-order valence-electron chi connectivity index (χ3n) is 1.61. The van der Waals surface area contributed by atoms with Crippen LogP contribution in [0, 0.1) is 0 Å². The normalized spacial score (nSPS) is 11.9. The van der Waals surface area contributed by atoms with Gasteiger partial charge in [-0.2, -0.15) is 0 Å². The summed E-state index contributed by atoms with van der Waals surface area (Å²) in [6.45, 7) is 1.99. The van der Waals surface area contributed by atoms with E-state index >= 15 is 0 Å². The van der Waals surface area contributed by atoms with Crippen LogP contribution in [-0.2, 0) is 19.4 Å². The Labute approximate surface area is 115 Å². The molecule has 15 heavy (non-hydrogen) atoms. The van der Waals surface area contributed by atoms with Gasteiger partial charge < -0.3 is 0 Å². The van der Waals surface area contributed by atoms with Crippen molar-refractivity contribution in [2.75, 3.05) is 0 Å². The van der Waals surface area contributed by atoms with Crippen LogP contribution < -0.4 is 0 Å². The molecule has 0 bridgehead atoms. The van der Waals surface area contributed by atoms with Crippen LogP contribution in [0.1, 0.15) is 23.2 Å². The van der Waals surface area contributed by atoms with Gasteiger partial charge >= 0.3 is 116 Å². The van der Waals surface area contributed by atoms with Crippen LogP contribution in [0.25, 0.3) is 6.08 Å². The standard InChI is InChI=1S/C9H8Br2N2O.W/c1-5(2)3-7-12-4-6(13-7)8(14)9(10)11;/h1,3-4,9H,2H3,(H,12,13);/b5-3+;. The van der Waals surface area contributed by atoms with Crippen molar-refractivity contribution in [3.05, 3.63) is 23.3 Å². The Kier molecular flexibility index (Phi) is 5.30. The van der Waals surface area contributed by atoms with Crippen molar-refractivity contribution >= 4 is 48.1 Å². The van der Waals surface area contributed by atoms with Gasteiger partial charge in [0.2, 0.25) is 0 Å². The molecule has 0 aliphatic heterocycles. The molecule has 1 N–H and O–H groups in total. The van der Waals surface area contributed by atoms with Gasteiger partial charge in [0.1, 0.15) is 0 Å². The Morgan fingerprint density at radius 1 is 1.67 bits per heavy atom. The molecule has 1 rings (SSSR count). The van der Waals surface area contributed by atoms with Crippen molar-refractivity contribution in [1.82, 2.24) is 9.97 Å². The molecule has 3 nitrogen and oxygen atoms in total. The van der Waals surface area contributed by atoms with Crippen LogP contribution in [0.15, 0.2) is 11.8 Å². The van der Waals surface area contributed by atoms with Crippen LogP contribution in [0.3, 0.4) is 0 Å². The first-order valence-corrected chi connectivity index (χ1v) is 7.58. The van der Waals surface area contributed by atoms with Gasteiger partial charge in [0, 0.05) is 0 Å². The Morgan fingerprint density at radius 2 is 2.33 bits per heavy atom. The van der Waals surface area contributed by atoms with Crippen molar-refractivity contribution in [2.45, 2.75) is 10.7 Å². The molecule has 6 heteroatoms. The summed E-state index contributed by atoms with van der Waals surface area (Å²) in [5.74, 6) is 0.639. The SMILES string of the molecule is C/C([CH]=[W])=C/c1ncc(C(=O)C(Br)Br)[nH]1. The molecule has 80 valence electrons. The molecule has 0 fully saturated rings. The second-order valence-corrected chi connectivity index (χ2v) is 6.76. The van der Waals surface area contributed by atoms with Crippen molar-refractivity contribution in [1.29, 1.82) is 0 Å². The van der Waals surface area contributed by atoms with Crippen molar-refractivity contribution in [3.63, 3.8) is 0 Å². The third-order valence-corrected chi connectivity index (χ3v) is 3.78. The average molecular weight is 504 g/mol. The molecule has 0 aliphatic rings. The zero-order valence-corrected chi connectivity index (χ0v) is 13.9. The number of aromatic amines is 1. The number of halogens is 2. The minimum atomic E-state index is -0.370. The predicted molar refractivity (Wildman–Crippen MR) is 64.3 cm³/mol. The first-order valence-electron chi connectivity index (χ1n) is 4.05. The summed E-state index contributed by atoms with van der Waals surface area (Å²) >= 11 is 7.69. The van der Waals surface area contributed by atoms with Crippen LogP contribution >= 0.6 is 31.9 Å². The van der Waals surface area contributed by atoms with Crippen LogP contribution in [-0.4, -0.2) is 23.9 Å². The molecule has 0 atom stereocenters. The molecule has 0 aromatic carbocycles. The van der Waals surface area contributed by atoms with E-state index in [1.807, 2.05) is 13.0 Å². The summed E-state index contributed by atoms with van der Waals surface area (Å²) in [5.41, 5.74) is 1.63. The van der Waals surface area contributed by atoms with Gasteiger partial charge in [-0.05, 0) is 0 Å². The average Bonchev–Trinajstić information content (AvgIpc) is 2.64. The fraction of sp³-hybridized carbons (Fsp3) is 0.222. The van der Waals surface area contributed by atoms with Crippen LogP contribution in [0.5, 0.6) is 0 Å². The quantitative estimate of drug-likeness (QED) is 0.507. The number of nitrogens with zero attached hydrogens (tertiary/aromatic N) is 1. The zero-order chi connectivity index (χ0) is 11.4. The number of Topliss-reactive ketones (excluding diaryl/α,β-unsaturated/α-hetero) is 1. The molecule has 0 radical (unpaired) electrons. The van der Waals surface area contributed by atoms with Gasteiger partial charge in [0.25, 0.3) is 0 Å². The number of imidazole rings is 1. The van der Waals surface area contributed by atoms with E-state index in [1.54, 1.807) is 6.20 Å². The first kappa shape index (κ1) is 13.2. The number of carbonyl (C=O) groups is 1. The van der Waals surface area contributed by atoms with Gasteiger partial charge in [-0.25, -0.2) is 0 Å². The maximum atomic E-state index is 11.5. The van der Waals surface area contributed by atoms with E-state index in [9.17, 15) is 4.79 Å². The Balaban J connectivity index is 2.90. The Bertz CT molecular complexity index is 412. The number of hydrogen-bond donors (Lipinski definition) is 1. The monoisotopic (exact) mass is 502 g/mol. The molecule has 1 aromatic heterocycles. The predicted octanol–water partition coefficient (Wildman–Crippen LogP) is 2.46. The summed E-state index contributed by atoms with van der Waals surface area (Å²) in [6, 6.07) is 0. The maximum absolute atomic E-state index is 11.5. The Morgan fingerprint density at radius 3 is 2.87 bits per heavy atom. The molecule has 0 saturated carbocycles. The minimum absolute atomic E-state index is 0.0640. The van der Waals surface area contributed by atoms with E-state index in [2.05, 4.69) is 46.2 Å². The van der Waals surface area contributed by atoms with Crippen LogP contribution in [0.4, 0.5) is 0 Å². The second-order valence-electron chi connectivity index (χ2n) is 2.85. The summed E-state index contributed by atoms with van der Waals surface area (Å²) in [5, 5.41) is 0. The van der Waals surface area contributed by atoms with Crippen molar-refractivity contribution < 1.29 is 24.1 Å². The van der Waals surface area contributed by atoms with Gasteiger partial charge in [-0.3, -0.25) is 0 Å². The molecule has 0 amide bonds. The van der Waals surface area contributed by atoms with Crippen molar-refractivity contribution in [2.24, 2.45) is 0 Å². The molecular formula is C9H8Br2N2OW. The Hall–Kier alpha value is 0.138. The van der Waals surface area contributed by atoms with E-state index in [0.717, 1.165) is 5.57 Å². The molecule has 1 heterocycles. The van der Waals surface area contributed by atoms with Gasteiger partial charge in [0.05, 0.1) is 0 Å². The number of carbonyl (C=O) groups excluding carboxylic acids is 1.